The molecule has 0 aliphatic rings. The minimum absolute atomic E-state index is 0.0530. The second-order valence-corrected chi connectivity index (χ2v) is 4.06. The number of pyridine rings is 1. The van der Waals surface area contributed by atoms with Crippen LogP contribution >= 0.6 is 0 Å². The minimum Gasteiger partial charge on any atom is -0.373 e. The Hall–Kier alpha value is -1.78. The van der Waals surface area contributed by atoms with E-state index in [1.807, 2.05) is 39.1 Å². The Morgan fingerprint density at radius 3 is 2.71 bits per heavy atom. The first-order chi connectivity index (χ1) is 8.11. The maximum absolute atomic E-state index is 11.4. The zero-order chi connectivity index (χ0) is 12.7. The molecule has 0 fully saturated rings. The number of aromatic nitrogens is 1. The van der Waals surface area contributed by atoms with Gasteiger partial charge in [-0.05, 0) is 26.0 Å². The maximum Gasteiger partial charge on any atom is 0.221 e. The summed E-state index contributed by atoms with van der Waals surface area (Å²) in [5.74, 6) is 1.63. The molecular formula is C12H20N4O. The first-order valence-corrected chi connectivity index (χ1v) is 5.80. The van der Waals surface area contributed by atoms with Gasteiger partial charge in [-0.2, -0.15) is 0 Å². The van der Waals surface area contributed by atoms with Crippen LogP contribution in [0, 0.1) is 0 Å². The van der Waals surface area contributed by atoms with Gasteiger partial charge in [0, 0.05) is 26.1 Å². The van der Waals surface area contributed by atoms with Gasteiger partial charge in [0.15, 0.2) is 0 Å². The first kappa shape index (κ1) is 13.3. The summed E-state index contributed by atoms with van der Waals surface area (Å²) in [6.07, 6.45) is 0.448. The molecule has 1 aromatic heterocycles. The van der Waals surface area contributed by atoms with E-state index in [0.717, 1.165) is 11.6 Å². The molecule has 0 unspecified atom stereocenters. The van der Waals surface area contributed by atoms with Crippen molar-refractivity contribution < 1.29 is 4.79 Å². The molecule has 0 radical (unpaired) electrons. The number of hydrogen-bond acceptors (Lipinski definition) is 4. The molecule has 0 aliphatic heterocycles. The van der Waals surface area contributed by atoms with Gasteiger partial charge in [-0.1, -0.05) is 6.07 Å². The van der Waals surface area contributed by atoms with Gasteiger partial charge in [-0.25, -0.2) is 4.98 Å². The lowest BCUT2D eigenvalue weighted by molar-refractivity contribution is -0.121. The molecule has 0 bridgehead atoms. The van der Waals surface area contributed by atoms with Crippen molar-refractivity contribution >= 4 is 17.5 Å². The van der Waals surface area contributed by atoms with Crippen LogP contribution in [0.1, 0.15) is 20.3 Å². The SMILES string of the molecule is CNc1cccc(NCCC(=O)NC(C)C)n1. The number of rotatable bonds is 6. The second kappa shape index (κ2) is 6.73. The van der Waals surface area contributed by atoms with E-state index in [4.69, 9.17) is 0 Å². The maximum atomic E-state index is 11.4. The number of hydrogen-bond donors (Lipinski definition) is 3. The number of nitrogens with zero attached hydrogens (tertiary/aromatic N) is 1. The summed E-state index contributed by atoms with van der Waals surface area (Å²) in [5, 5.41) is 8.91. The van der Waals surface area contributed by atoms with E-state index in [9.17, 15) is 4.79 Å². The molecule has 0 aliphatic carbocycles. The van der Waals surface area contributed by atoms with E-state index in [-0.39, 0.29) is 11.9 Å². The summed E-state index contributed by atoms with van der Waals surface area (Å²) in [4.78, 5) is 15.7. The van der Waals surface area contributed by atoms with Gasteiger partial charge in [0.05, 0.1) is 0 Å². The van der Waals surface area contributed by atoms with E-state index in [0.29, 0.717) is 13.0 Å². The van der Waals surface area contributed by atoms with Gasteiger partial charge in [0.2, 0.25) is 5.91 Å². The van der Waals surface area contributed by atoms with Gasteiger partial charge < -0.3 is 16.0 Å². The fourth-order valence-electron chi connectivity index (χ4n) is 1.37. The molecule has 0 aromatic carbocycles. The molecule has 1 rings (SSSR count). The monoisotopic (exact) mass is 236 g/mol. The van der Waals surface area contributed by atoms with Crippen molar-refractivity contribution in [1.29, 1.82) is 0 Å². The fourth-order valence-corrected chi connectivity index (χ4v) is 1.37. The molecule has 0 saturated carbocycles. The largest absolute Gasteiger partial charge is 0.373 e. The number of carbonyl (C=O) groups excluding carboxylic acids is 1. The van der Waals surface area contributed by atoms with Crippen LogP contribution in [0.25, 0.3) is 0 Å². The predicted octanol–water partition coefficient (Wildman–Crippen LogP) is 1.45. The summed E-state index contributed by atoms with van der Waals surface area (Å²) in [6.45, 7) is 4.48. The number of amides is 1. The van der Waals surface area contributed by atoms with Gasteiger partial charge >= 0.3 is 0 Å². The van der Waals surface area contributed by atoms with Crippen molar-refractivity contribution in [3.05, 3.63) is 18.2 Å². The molecule has 0 atom stereocenters. The van der Waals surface area contributed by atoms with E-state index < -0.39 is 0 Å². The van der Waals surface area contributed by atoms with E-state index >= 15 is 0 Å². The Labute approximate surface area is 102 Å². The number of anilines is 2. The van der Waals surface area contributed by atoms with Crippen molar-refractivity contribution in [3.63, 3.8) is 0 Å². The molecule has 94 valence electrons. The van der Waals surface area contributed by atoms with Crippen molar-refractivity contribution in [2.24, 2.45) is 0 Å². The highest BCUT2D eigenvalue weighted by molar-refractivity contribution is 5.76. The average Bonchev–Trinajstić information content (AvgIpc) is 2.28. The summed E-state index contributed by atoms with van der Waals surface area (Å²) in [6, 6.07) is 5.86. The second-order valence-electron chi connectivity index (χ2n) is 4.06. The third-order valence-corrected chi connectivity index (χ3v) is 2.11. The van der Waals surface area contributed by atoms with Gasteiger partial charge in [-0.15, -0.1) is 0 Å². The Morgan fingerprint density at radius 1 is 1.35 bits per heavy atom. The number of carbonyl (C=O) groups is 1. The van der Waals surface area contributed by atoms with Crippen LogP contribution in [-0.2, 0) is 4.79 Å². The van der Waals surface area contributed by atoms with Crippen molar-refractivity contribution in [2.75, 3.05) is 24.2 Å². The summed E-state index contributed by atoms with van der Waals surface area (Å²) in [5.41, 5.74) is 0. The fraction of sp³-hybridized carbons (Fsp3) is 0.500. The molecule has 5 heteroatoms. The quantitative estimate of drug-likeness (QED) is 0.699. The van der Waals surface area contributed by atoms with Gasteiger partial charge in [0.1, 0.15) is 11.6 Å². The van der Waals surface area contributed by atoms with Crippen LogP contribution in [0.15, 0.2) is 18.2 Å². The van der Waals surface area contributed by atoms with E-state index in [1.54, 1.807) is 0 Å². The highest BCUT2D eigenvalue weighted by atomic mass is 16.1. The molecule has 3 N–H and O–H groups in total. The summed E-state index contributed by atoms with van der Waals surface area (Å²) in [7, 11) is 1.82. The Kier molecular flexibility index (Phi) is 5.26. The topological polar surface area (TPSA) is 66.0 Å². The third-order valence-electron chi connectivity index (χ3n) is 2.11. The van der Waals surface area contributed by atoms with Crippen LogP contribution in [-0.4, -0.2) is 30.5 Å². The lowest BCUT2D eigenvalue weighted by Crippen LogP contribution is -2.31. The lowest BCUT2D eigenvalue weighted by Gasteiger charge is -2.09. The first-order valence-electron chi connectivity index (χ1n) is 5.80. The minimum atomic E-state index is 0.0530. The smallest absolute Gasteiger partial charge is 0.221 e. The van der Waals surface area contributed by atoms with E-state index in [1.165, 1.54) is 0 Å². The Balaban J connectivity index is 2.32. The Bertz CT molecular complexity index is 365. The van der Waals surface area contributed by atoms with Crippen LogP contribution < -0.4 is 16.0 Å². The highest BCUT2D eigenvalue weighted by Gasteiger charge is 2.02. The Morgan fingerprint density at radius 2 is 2.06 bits per heavy atom. The molecule has 1 aromatic rings. The average molecular weight is 236 g/mol. The van der Waals surface area contributed by atoms with Crippen molar-refractivity contribution in [2.45, 2.75) is 26.3 Å². The van der Waals surface area contributed by atoms with Crippen LogP contribution in [0.2, 0.25) is 0 Å². The zero-order valence-corrected chi connectivity index (χ0v) is 10.6. The highest BCUT2D eigenvalue weighted by Crippen LogP contribution is 2.07. The lowest BCUT2D eigenvalue weighted by atomic mass is 10.3. The summed E-state index contributed by atoms with van der Waals surface area (Å²) >= 11 is 0. The molecule has 1 heterocycles. The molecule has 0 spiro atoms. The van der Waals surface area contributed by atoms with Crippen LogP contribution in [0.3, 0.4) is 0 Å². The molecule has 0 saturated heterocycles. The normalized spacial score (nSPS) is 10.1. The van der Waals surface area contributed by atoms with E-state index in [2.05, 4.69) is 20.9 Å². The number of nitrogens with one attached hydrogen (secondary N) is 3. The van der Waals surface area contributed by atoms with Crippen LogP contribution in [0.4, 0.5) is 11.6 Å². The van der Waals surface area contributed by atoms with Gasteiger partial charge in [-0.3, -0.25) is 4.79 Å². The standard InChI is InChI=1S/C12H20N4O/c1-9(2)15-12(17)7-8-14-11-6-4-5-10(13-3)16-11/h4-6,9H,7-8H2,1-3H3,(H,15,17)(H2,13,14,16). The van der Waals surface area contributed by atoms with Crippen LogP contribution in [0.5, 0.6) is 0 Å². The predicted molar refractivity (Wildman–Crippen MR) is 70.2 cm³/mol. The molecule has 1 amide bonds. The van der Waals surface area contributed by atoms with Crippen molar-refractivity contribution in [3.8, 4) is 0 Å². The molecular weight excluding hydrogens is 216 g/mol. The molecule has 5 nitrogen and oxygen atoms in total. The summed E-state index contributed by atoms with van der Waals surface area (Å²) < 4.78 is 0. The van der Waals surface area contributed by atoms with Gasteiger partial charge in [0.25, 0.3) is 0 Å². The van der Waals surface area contributed by atoms with Crippen molar-refractivity contribution in [1.82, 2.24) is 10.3 Å². The zero-order valence-electron chi connectivity index (χ0n) is 10.6. The molecule has 17 heavy (non-hydrogen) atoms. The third kappa shape index (κ3) is 5.19.